The number of aromatic nitrogens is 2. The Labute approximate surface area is 183 Å². The van der Waals surface area contributed by atoms with E-state index in [0.29, 0.717) is 6.54 Å². The number of pyridine rings is 1. The van der Waals surface area contributed by atoms with E-state index in [-0.39, 0.29) is 0 Å². The maximum Gasteiger partial charge on any atom is 0.137 e. The molecule has 4 rings (SSSR count). The molecule has 4 aromatic rings. The van der Waals surface area contributed by atoms with Crippen LogP contribution in [0.3, 0.4) is 0 Å². The van der Waals surface area contributed by atoms with Gasteiger partial charge in [-0.15, -0.1) is 0 Å². The van der Waals surface area contributed by atoms with Crippen LogP contribution >= 0.6 is 12.2 Å². The van der Waals surface area contributed by atoms with Crippen molar-refractivity contribution in [1.82, 2.24) is 9.38 Å². The summed E-state index contributed by atoms with van der Waals surface area (Å²) in [6.45, 7) is 6.92. The molecule has 0 aliphatic carbocycles. The summed E-state index contributed by atoms with van der Waals surface area (Å²) in [4.78, 5) is 10.3. The Morgan fingerprint density at radius 2 is 1.70 bits per heavy atom. The highest BCUT2D eigenvalue weighted by Crippen LogP contribution is 2.20. The second-order valence-corrected chi connectivity index (χ2v) is 8.35. The van der Waals surface area contributed by atoms with Crippen LogP contribution in [0.5, 0.6) is 0 Å². The molecule has 2 heterocycles. The van der Waals surface area contributed by atoms with Gasteiger partial charge in [0.15, 0.2) is 0 Å². The first-order valence-corrected chi connectivity index (χ1v) is 10.5. The zero-order valence-electron chi connectivity index (χ0n) is 17.6. The molecule has 0 radical (unpaired) electrons. The number of benzene rings is 2. The van der Waals surface area contributed by atoms with Gasteiger partial charge in [0.2, 0.25) is 0 Å². The number of rotatable bonds is 6. The number of fused-ring (bicyclic) bond motifs is 1. The van der Waals surface area contributed by atoms with E-state index in [2.05, 4.69) is 80.6 Å². The SMILES string of the molecule is Cc1ccc(-c2cn3cc(C=NCC(=S)Cc4c(C)cccc4C)ccc3n2)cc1. The van der Waals surface area contributed by atoms with E-state index >= 15 is 0 Å². The summed E-state index contributed by atoms with van der Waals surface area (Å²) in [5, 5.41) is 0. The molecule has 0 fully saturated rings. The summed E-state index contributed by atoms with van der Waals surface area (Å²) >= 11 is 5.59. The number of hydrogen-bond donors (Lipinski definition) is 0. The van der Waals surface area contributed by atoms with Crippen LogP contribution in [0.25, 0.3) is 16.9 Å². The smallest absolute Gasteiger partial charge is 0.137 e. The highest BCUT2D eigenvalue weighted by Gasteiger charge is 2.06. The Kier molecular flexibility index (Phi) is 5.86. The summed E-state index contributed by atoms with van der Waals surface area (Å²) in [7, 11) is 0. The van der Waals surface area contributed by atoms with Gasteiger partial charge in [0.05, 0.1) is 12.2 Å². The molecule has 0 amide bonds. The van der Waals surface area contributed by atoms with Crippen LogP contribution < -0.4 is 0 Å². The quantitative estimate of drug-likeness (QED) is 0.289. The van der Waals surface area contributed by atoms with Crippen molar-refractivity contribution in [2.24, 2.45) is 4.99 Å². The first-order valence-electron chi connectivity index (χ1n) is 10.1. The van der Waals surface area contributed by atoms with Gasteiger partial charge in [-0.3, -0.25) is 4.99 Å². The summed E-state index contributed by atoms with van der Waals surface area (Å²) in [6, 6.07) is 18.9. The second-order valence-electron chi connectivity index (χ2n) is 7.78. The molecule has 0 aliphatic rings. The van der Waals surface area contributed by atoms with Gasteiger partial charge in [0.1, 0.15) is 5.65 Å². The average molecular weight is 412 g/mol. The van der Waals surface area contributed by atoms with Gasteiger partial charge >= 0.3 is 0 Å². The van der Waals surface area contributed by atoms with Gasteiger partial charge < -0.3 is 4.40 Å². The van der Waals surface area contributed by atoms with Gasteiger partial charge in [0, 0.05) is 41.0 Å². The number of aliphatic imine (C=N–C) groups is 1. The molecular weight excluding hydrogens is 386 g/mol. The lowest BCUT2D eigenvalue weighted by atomic mass is 9.99. The molecule has 0 spiro atoms. The van der Waals surface area contributed by atoms with E-state index in [1.54, 1.807) is 0 Å². The van der Waals surface area contributed by atoms with Crippen molar-refractivity contribution in [3.05, 3.63) is 94.8 Å². The predicted molar refractivity (Wildman–Crippen MR) is 130 cm³/mol. The van der Waals surface area contributed by atoms with Crippen molar-refractivity contribution in [3.8, 4) is 11.3 Å². The normalized spacial score (nSPS) is 11.4. The predicted octanol–water partition coefficient (Wildman–Crippen LogP) is 5.96. The Morgan fingerprint density at radius 1 is 0.967 bits per heavy atom. The van der Waals surface area contributed by atoms with Gasteiger partial charge in [-0.25, -0.2) is 4.98 Å². The maximum absolute atomic E-state index is 5.59. The minimum atomic E-state index is 0.555. The lowest BCUT2D eigenvalue weighted by molar-refractivity contribution is 1.17. The minimum absolute atomic E-state index is 0.555. The third-order valence-electron chi connectivity index (χ3n) is 5.35. The van der Waals surface area contributed by atoms with Crippen LogP contribution in [0.15, 0.2) is 72.0 Å². The molecule has 2 aromatic heterocycles. The molecular formula is C26H25N3S. The fourth-order valence-corrected chi connectivity index (χ4v) is 3.80. The highest BCUT2D eigenvalue weighted by molar-refractivity contribution is 7.80. The lowest BCUT2D eigenvalue weighted by Gasteiger charge is -2.09. The molecule has 2 aromatic carbocycles. The zero-order valence-corrected chi connectivity index (χ0v) is 18.4. The molecule has 0 unspecified atom stereocenters. The standard InChI is InChI=1S/C26H25N3S/c1-18-7-10-22(11-8-18)25-17-29-16-21(9-12-26(29)28-25)14-27-15-23(30)13-24-19(2)5-4-6-20(24)3/h4-12,14,16-17H,13,15H2,1-3H3. The van der Waals surface area contributed by atoms with Gasteiger partial charge in [-0.1, -0.05) is 60.2 Å². The molecule has 0 atom stereocenters. The highest BCUT2D eigenvalue weighted by atomic mass is 32.1. The van der Waals surface area contributed by atoms with Crippen LogP contribution in [0, 0.1) is 20.8 Å². The third-order valence-corrected chi connectivity index (χ3v) is 5.62. The first kappa shape index (κ1) is 20.2. The molecule has 0 N–H and O–H groups in total. The Balaban J connectivity index is 1.45. The van der Waals surface area contributed by atoms with Crippen LogP contribution in [0.1, 0.15) is 27.8 Å². The topological polar surface area (TPSA) is 29.7 Å². The molecule has 4 heteroatoms. The van der Waals surface area contributed by atoms with E-state index in [1.165, 1.54) is 22.3 Å². The maximum atomic E-state index is 5.59. The van der Waals surface area contributed by atoms with Crippen molar-refractivity contribution in [2.45, 2.75) is 27.2 Å². The Hall–Kier alpha value is -3.11. The number of aryl methyl sites for hydroxylation is 3. The monoisotopic (exact) mass is 411 g/mol. The average Bonchev–Trinajstić information content (AvgIpc) is 3.15. The van der Waals surface area contributed by atoms with Gasteiger partial charge in [-0.05, 0) is 49.6 Å². The second kappa shape index (κ2) is 8.72. The number of thiocarbonyl (C=S) groups is 1. The summed E-state index contributed by atoms with van der Waals surface area (Å²) in [6.07, 6.45) is 6.80. The molecule has 150 valence electrons. The fourth-order valence-electron chi connectivity index (χ4n) is 3.58. The van der Waals surface area contributed by atoms with E-state index in [0.717, 1.165) is 33.8 Å². The molecule has 0 saturated carbocycles. The molecule has 0 saturated heterocycles. The molecule has 3 nitrogen and oxygen atoms in total. The molecule has 0 aliphatic heterocycles. The molecule has 30 heavy (non-hydrogen) atoms. The number of nitrogens with zero attached hydrogens (tertiary/aromatic N) is 3. The summed E-state index contributed by atoms with van der Waals surface area (Å²) < 4.78 is 2.05. The minimum Gasteiger partial charge on any atom is -0.306 e. The van der Waals surface area contributed by atoms with Crippen LogP contribution in [-0.4, -0.2) is 27.0 Å². The van der Waals surface area contributed by atoms with E-state index in [9.17, 15) is 0 Å². The van der Waals surface area contributed by atoms with Crippen molar-refractivity contribution in [1.29, 1.82) is 0 Å². The molecule has 0 bridgehead atoms. The Morgan fingerprint density at radius 3 is 2.43 bits per heavy atom. The Bertz CT molecular complexity index is 1210. The summed E-state index contributed by atoms with van der Waals surface area (Å²) in [5.41, 5.74) is 9.19. The fraction of sp³-hybridized carbons (Fsp3) is 0.192. The van der Waals surface area contributed by atoms with Crippen LogP contribution in [0.4, 0.5) is 0 Å². The first-order chi connectivity index (χ1) is 14.5. The summed E-state index contributed by atoms with van der Waals surface area (Å²) in [5.74, 6) is 0. The van der Waals surface area contributed by atoms with Crippen molar-refractivity contribution in [2.75, 3.05) is 6.54 Å². The van der Waals surface area contributed by atoms with Gasteiger partial charge in [0.25, 0.3) is 0 Å². The van der Waals surface area contributed by atoms with Crippen LogP contribution in [0.2, 0.25) is 0 Å². The van der Waals surface area contributed by atoms with E-state index in [1.807, 2.05) is 22.7 Å². The van der Waals surface area contributed by atoms with Crippen molar-refractivity contribution >= 4 is 28.9 Å². The largest absolute Gasteiger partial charge is 0.306 e. The number of imidazole rings is 1. The van der Waals surface area contributed by atoms with Crippen LogP contribution in [-0.2, 0) is 6.42 Å². The lowest BCUT2D eigenvalue weighted by Crippen LogP contribution is -2.07. The van der Waals surface area contributed by atoms with E-state index in [4.69, 9.17) is 17.2 Å². The zero-order chi connectivity index (χ0) is 21.1. The van der Waals surface area contributed by atoms with Gasteiger partial charge in [-0.2, -0.15) is 0 Å². The third kappa shape index (κ3) is 4.55. The van der Waals surface area contributed by atoms with Crippen molar-refractivity contribution in [3.63, 3.8) is 0 Å². The van der Waals surface area contributed by atoms with Crippen molar-refractivity contribution < 1.29 is 0 Å². The van der Waals surface area contributed by atoms with E-state index < -0.39 is 0 Å². The number of hydrogen-bond acceptors (Lipinski definition) is 3.